The fourth-order valence-electron chi connectivity index (χ4n) is 4.26. The van der Waals surface area contributed by atoms with E-state index in [4.69, 9.17) is 28.4 Å². The van der Waals surface area contributed by atoms with Gasteiger partial charge in [-0.2, -0.15) is 0 Å². The van der Waals surface area contributed by atoms with Gasteiger partial charge in [0.1, 0.15) is 24.6 Å². The highest BCUT2D eigenvalue weighted by Gasteiger charge is 2.64. The number of unbranched alkanes of at least 4 members (excludes halogenated alkanes) is 1. The van der Waals surface area contributed by atoms with E-state index >= 15 is 0 Å². The maximum absolute atomic E-state index is 11.9. The number of aldehydes is 1. The van der Waals surface area contributed by atoms with Gasteiger partial charge in [0.15, 0.2) is 17.9 Å². The number of rotatable bonds is 7. The van der Waals surface area contributed by atoms with Crippen LogP contribution in [-0.4, -0.2) is 62.1 Å². The van der Waals surface area contributed by atoms with Crippen molar-refractivity contribution < 1.29 is 38.0 Å². The Morgan fingerprint density at radius 1 is 1.11 bits per heavy atom. The van der Waals surface area contributed by atoms with Gasteiger partial charge < -0.3 is 33.2 Å². The normalized spacial score (nSPS) is 38.6. The van der Waals surface area contributed by atoms with Crippen LogP contribution in [0.4, 0.5) is 0 Å². The summed E-state index contributed by atoms with van der Waals surface area (Å²) < 4.78 is 35.0. The predicted octanol–water partition coefficient (Wildman–Crippen LogP) is 2.10. The van der Waals surface area contributed by atoms with Crippen molar-refractivity contribution in [3.63, 3.8) is 0 Å². The lowest BCUT2D eigenvalue weighted by Crippen LogP contribution is -2.47. The highest BCUT2D eigenvalue weighted by Crippen LogP contribution is 2.54. The minimum atomic E-state index is -0.818. The molecule has 8 nitrogen and oxygen atoms in total. The third-order valence-electron chi connectivity index (χ3n) is 5.43. The second-order valence-electron chi connectivity index (χ2n) is 8.38. The van der Waals surface area contributed by atoms with Gasteiger partial charge in [-0.15, -0.1) is 0 Å². The van der Waals surface area contributed by atoms with Gasteiger partial charge in [-0.3, -0.25) is 0 Å². The van der Waals surface area contributed by atoms with Gasteiger partial charge in [-0.05, 0) is 40.5 Å². The van der Waals surface area contributed by atoms with Gasteiger partial charge in [-0.25, -0.2) is 4.79 Å². The Hall–Kier alpha value is -1.32. The van der Waals surface area contributed by atoms with E-state index in [1.54, 1.807) is 6.08 Å². The Bertz CT molecular complexity index is 628. The average Bonchev–Trinajstić information content (AvgIpc) is 3.22. The molecule has 0 spiro atoms. The fraction of sp³-hybridized carbons (Fsp3) is 0.800. The zero-order valence-electron chi connectivity index (χ0n) is 17.1. The SMILES string of the molecule is COC(=O)/C=C\[C@]1(CCCC=O)[C@@H]([C@H]2COC(C)(C)O2)O[C@@H]2OC(C)(C)O[C@@H]21. The summed E-state index contributed by atoms with van der Waals surface area (Å²) in [5.74, 6) is -2.02. The van der Waals surface area contributed by atoms with Crippen molar-refractivity contribution in [2.45, 2.75) is 83.1 Å². The molecular weight excluding hydrogens is 368 g/mol. The van der Waals surface area contributed by atoms with E-state index in [0.29, 0.717) is 25.9 Å². The van der Waals surface area contributed by atoms with Crippen LogP contribution in [0.15, 0.2) is 12.2 Å². The van der Waals surface area contributed by atoms with Gasteiger partial charge in [0.05, 0.1) is 13.7 Å². The fourth-order valence-corrected chi connectivity index (χ4v) is 4.26. The smallest absolute Gasteiger partial charge is 0.330 e. The molecule has 158 valence electrons. The minimum absolute atomic E-state index is 0.349. The van der Waals surface area contributed by atoms with Crippen LogP contribution in [0.1, 0.15) is 47.0 Å². The number of hydrogen-bond acceptors (Lipinski definition) is 8. The minimum Gasteiger partial charge on any atom is -0.466 e. The quantitative estimate of drug-likeness (QED) is 0.279. The molecule has 3 saturated heterocycles. The van der Waals surface area contributed by atoms with E-state index < -0.39 is 41.5 Å². The molecule has 0 aromatic carbocycles. The molecule has 0 unspecified atom stereocenters. The van der Waals surface area contributed by atoms with E-state index in [1.165, 1.54) is 13.2 Å². The molecule has 3 fully saturated rings. The summed E-state index contributed by atoms with van der Waals surface area (Å²) in [7, 11) is 1.33. The van der Waals surface area contributed by atoms with Gasteiger partial charge in [-0.1, -0.05) is 6.08 Å². The zero-order valence-corrected chi connectivity index (χ0v) is 17.1. The Morgan fingerprint density at radius 3 is 2.46 bits per heavy atom. The van der Waals surface area contributed by atoms with Crippen molar-refractivity contribution in [1.29, 1.82) is 0 Å². The molecule has 5 atom stereocenters. The van der Waals surface area contributed by atoms with Crippen LogP contribution in [-0.2, 0) is 38.0 Å². The number of ether oxygens (including phenoxy) is 6. The van der Waals surface area contributed by atoms with Crippen LogP contribution < -0.4 is 0 Å². The highest BCUT2D eigenvalue weighted by atomic mass is 16.8. The van der Waals surface area contributed by atoms with Crippen LogP contribution in [0.5, 0.6) is 0 Å². The maximum Gasteiger partial charge on any atom is 0.330 e. The topological polar surface area (TPSA) is 89.5 Å². The lowest BCUT2D eigenvalue weighted by atomic mass is 9.72. The number of carbonyl (C=O) groups excluding carboxylic acids is 2. The molecule has 0 aromatic rings. The first-order valence-electron chi connectivity index (χ1n) is 9.66. The summed E-state index contributed by atoms with van der Waals surface area (Å²) in [6.45, 7) is 7.68. The molecule has 0 amide bonds. The van der Waals surface area contributed by atoms with Crippen molar-refractivity contribution in [2.24, 2.45) is 5.41 Å². The molecule has 0 aliphatic carbocycles. The third-order valence-corrected chi connectivity index (χ3v) is 5.43. The van der Waals surface area contributed by atoms with E-state index in [9.17, 15) is 9.59 Å². The van der Waals surface area contributed by atoms with Crippen LogP contribution in [0.3, 0.4) is 0 Å². The first kappa shape index (κ1) is 21.4. The van der Waals surface area contributed by atoms with E-state index in [-0.39, 0.29) is 6.10 Å². The van der Waals surface area contributed by atoms with Crippen molar-refractivity contribution in [2.75, 3.05) is 13.7 Å². The predicted molar refractivity (Wildman–Crippen MR) is 97.1 cm³/mol. The van der Waals surface area contributed by atoms with Gasteiger partial charge in [0.25, 0.3) is 0 Å². The number of fused-ring (bicyclic) bond motifs is 1. The summed E-state index contributed by atoms with van der Waals surface area (Å²) in [5.41, 5.74) is -0.732. The standard InChI is InChI=1S/C20H30O8/c1-18(2)24-12-13(26-18)15-20(9-6-7-11-21,10-8-14(22)23-5)16-17(25-15)28-19(3,4)27-16/h8,10-11,13,15-17H,6-7,9,12H2,1-5H3/b10-8-/t13-,15-,16+,17-,20-/m1/s1. The molecule has 3 aliphatic heterocycles. The summed E-state index contributed by atoms with van der Waals surface area (Å²) in [5, 5.41) is 0. The van der Waals surface area contributed by atoms with Gasteiger partial charge in [0.2, 0.25) is 0 Å². The molecule has 0 saturated carbocycles. The second-order valence-corrected chi connectivity index (χ2v) is 8.38. The van der Waals surface area contributed by atoms with E-state index in [0.717, 1.165) is 6.29 Å². The first-order valence-corrected chi connectivity index (χ1v) is 9.66. The van der Waals surface area contributed by atoms with Crippen LogP contribution in [0, 0.1) is 5.41 Å². The first-order chi connectivity index (χ1) is 13.1. The molecule has 8 heteroatoms. The number of esters is 1. The number of hydrogen-bond donors (Lipinski definition) is 0. The molecular formula is C20H30O8. The van der Waals surface area contributed by atoms with Crippen molar-refractivity contribution >= 4 is 12.3 Å². The maximum atomic E-state index is 11.9. The highest BCUT2D eigenvalue weighted by molar-refractivity contribution is 5.81. The molecule has 0 N–H and O–H groups in total. The van der Waals surface area contributed by atoms with Crippen molar-refractivity contribution in [3.8, 4) is 0 Å². The van der Waals surface area contributed by atoms with Crippen molar-refractivity contribution in [1.82, 2.24) is 0 Å². The molecule has 0 bridgehead atoms. The van der Waals surface area contributed by atoms with Crippen LogP contribution >= 0.6 is 0 Å². The van der Waals surface area contributed by atoms with Gasteiger partial charge >= 0.3 is 5.97 Å². The summed E-state index contributed by atoms with van der Waals surface area (Å²) >= 11 is 0. The second kappa shape index (κ2) is 7.84. The number of carbonyl (C=O) groups is 2. The summed E-state index contributed by atoms with van der Waals surface area (Å²) in [4.78, 5) is 22.8. The Morgan fingerprint density at radius 2 is 1.86 bits per heavy atom. The van der Waals surface area contributed by atoms with E-state index in [1.807, 2.05) is 27.7 Å². The van der Waals surface area contributed by atoms with Crippen LogP contribution in [0.25, 0.3) is 0 Å². The molecule has 3 aliphatic rings. The molecule has 3 rings (SSSR count). The molecule has 0 aromatic heterocycles. The summed E-state index contributed by atoms with van der Waals surface area (Å²) in [6.07, 6.45) is 3.72. The number of methoxy groups -OCH3 is 1. The monoisotopic (exact) mass is 398 g/mol. The summed E-state index contributed by atoms with van der Waals surface area (Å²) in [6, 6.07) is 0. The Kier molecular flexibility index (Phi) is 5.99. The Balaban J connectivity index is 1.97. The molecule has 0 radical (unpaired) electrons. The van der Waals surface area contributed by atoms with Crippen molar-refractivity contribution in [3.05, 3.63) is 12.2 Å². The van der Waals surface area contributed by atoms with Crippen LogP contribution in [0.2, 0.25) is 0 Å². The third kappa shape index (κ3) is 4.16. The lowest BCUT2D eigenvalue weighted by Gasteiger charge is -2.38. The average molecular weight is 398 g/mol. The lowest BCUT2D eigenvalue weighted by molar-refractivity contribution is -0.233. The van der Waals surface area contributed by atoms with Gasteiger partial charge in [0, 0.05) is 17.9 Å². The van der Waals surface area contributed by atoms with E-state index in [2.05, 4.69) is 0 Å². The molecule has 28 heavy (non-hydrogen) atoms. The largest absolute Gasteiger partial charge is 0.466 e. The zero-order chi connectivity index (χ0) is 20.6. The Labute approximate surface area is 165 Å². The molecule has 3 heterocycles.